The van der Waals surface area contributed by atoms with Crippen LogP contribution in [0, 0.1) is 5.82 Å². The van der Waals surface area contributed by atoms with Crippen LogP contribution in [0.4, 0.5) is 4.39 Å². The van der Waals surface area contributed by atoms with Gasteiger partial charge in [0, 0.05) is 24.9 Å². The smallest absolute Gasteiger partial charge is 0.141 e. The Hall–Kier alpha value is -1.00. The van der Waals surface area contributed by atoms with Crippen LogP contribution >= 0.6 is 0 Å². The van der Waals surface area contributed by atoms with Crippen molar-refractivity contribution in [3.05, 3.63) is 29.8 Å². The minimum Gasteiger partial charge on any atom is -0.380 e. The van der Waals surface area contributed by atoms with Gasteiger partial charge in [-0.1, -0.05) is 0 Å². The molecule has 1 aliphatic heterocycles. The summed E-state index contributed by atoms with van der Waals surface area (Å²) in [4.78, 5) is 3.83. The predicted molar refractivity (Wildman–Crippen MR) is 55.0 cm³/mol. The second-order valence-corrected chi connectivity index (χ2v) is 3.89. The first-order chi connectivity index (χ1) is 7.25. The zero-order valence-corrected chi connectivity index (χ0v) is 8.74. The van der Waals surface area contributed by atoms with Crippen molar-refractivity contribution in [3.63, 3.8) is 0 Å². The fraction of sp³-hybridized carbons (Fsp3) is 0.545. The van der Waals surface area contributed by atoms with Crippen molar-refractivity contribution in [3.8, 4) is 0 Å². The first kappa shape index (κ1) is 10.5. The number of hydrogen-bond donors (Lipinski definition) is 1. The number of ether oxygens (including phenoxy) is 1. The first-order valence-corrected chi connectivity index (χ1v) is 5.20. The molecule has 82 valence electrons. The van der Waals surface area contributed by atoms with Gasteiger partial charge in [0.05, 0.1) is 12.8 Å². The Morgan fingerprint density at radius 3 is 3.13 bits per heavy atom. The van der Waals surface area contributed by atoms with Gasteiger partial charge in [-0.05, 0) is 25.0 Å². The summed E-state index contributed by atoms with van der Waals surface area (Å²) >= 11 is 0. The van der Waals surface area contributed by atoms with Crippen LogP contribution in [0.1, 0.15) is 24.9 Å². The zero-order valence-electron chi connectivity index (χ0n) is 8.74. The van der Waals surface area contributed by atoms with Gasteiger partial charge >= 0.3 is 0 Å². The van der Waals surface area contributed by atoms with E-state index in [4.69, 9.17) is 4.74 Å². The van der Waals surface area contributed by atoms with Gasteiger partial charge in [-0.3, -0.25) is 4.98 Å². The molecule has 15 heavy (non-hydrogen) atoms. The maximum atomic E-state index is 12.9. The molecule has 2 unspecified atom stereocenters. The Morgan fingerprint density at radius 2 is 2.47 bits per heavy atom. The molecule has 3 nitrogen and oxygen atoms in total. The van der Waals surface area contributed by atoms with Gasteiger partial charge in [0.1, 0.15) is 5.82 Å². The molecular weight excluding hydrogens is 195 g/mol. The van der Waals surface area contributed by atoms with Gasteiger partial charge in [-0.15, -0.1) is 0 Å². The summed E-state index contributed by atoms with van der Waals surface area (Å²) in [6.07, 6.45) is 3.93. The highest BCUT2D eigenvalue weighted by atomic mass is 19.1. The van der Waals surface area contributed by atoms with Crippen LogP contribution in [0.25, 0.3) is 0 Å². The van der Waals surface area contributed by atoms with E-state index in [9.17, 15) is 4.39 Å². The molecule has 0 aliphatic carbocycles. The van der Waals surface area contributed by atoms with Crippen LogP contribution in [0.15, 0.2) is 18.5 Å². The van der Waals surface area contributed by atoms with Gasteiger partial charge in [0.2, 0.25) is 0 Å². The number of nitrogens with one attached hydrogen (secondary N) is 1. The van der Waals surface area contributed by atoms with Gasteiger partial charge in [0.25, 0.3) is 0 Å². The largest absolute Gasteiger partial charge is 0.380 e. The van der Waals surface area contributed by atoms with E-state index in [0.29, 0.717) is 6.04 Å². The molecule has 0 aromatic carbocycles. The molecule has 1 aliphatic rings. The summed E-state index contributed by atoms with van der Waals surface area (Å²) in [7, 11) is 0. The Morgan fingerprint density at radius 1 is 1.60 bits per heavy atom. The van der Waals surface area contributed by atoms with E-state index < -0.39 is 0 Å². The van der Waals surface area contributed by atoms with Crippen LogP contribution < -0.4 is 5.32 Å². The van der Waals surface area contributed by atoms with Crippen molar-refractivity contribution in [2.45, 2.75) is 25.4 Å². The van der Waals surface area contributed by atoms with Crippen molar-refractivity contribution in [2.24, 2.45) is 0 Å². The Balaban J connectivity index is 1.97. The lowest BCUT2D eigenvalue weighted by atomic mass is 10.1. The number of halogens is 1. The summed E-state index contributed by atoms with van der Waals surface area (Å²) in [6.45, 7) is 3.56. The van der Waals surface area contributed by atoms with E-state index in [1.807, 2.05) is 6.92 Å². The lowest BCUT2D eigenvalue weighted by Gasteiger charge is -2.18. The summed E-state index contributed by atoms with van der Waals surface area (Å²) in [5.41, 5.74) is 0.877. The van der Waals surface area contributed by atoms with Crippen molar-refractivity contribution in [1.29, 1.82) is 0 Å². The Bertz CT molecular complexity index is 326. The minimum atomic E-state index is -0.288. The fourth-order valence-corrected chi connectivity index (χ4v) is 1.78. The molecule has 1 fully saturated rings. The molecule has 0 bridgehead atoms. The van der Waals surface area contributed by atoms with Crippen LogP contribution in [0.5, 0.6) is 0 Å². The zero-order chi connectivity index (χ0) is 10.7. The quantitative estimate of drug-likeness (QED) is 0.823. The molecule has 0 saturated carbocycles. The van der Waals surface area contributed by atoms with Gasteiger partial charge in [-0.2, -0.15) is 0 Å². The molecule has 2 heterocycles. The second-order valence-electron chi connectivity index (χ2n) is 3.89. The van der Waals surface area contributed by atoms with Gasteiger partial charge in [0.15, 0.2) is 0 Å². The molecule has 0 spiro atoms. The average Bonchev–Trinajstić information content (AvgIpc) is 2.70. The number of aromatic nitrogens is 1. The first-order valence-electron chi connectivity index (χ1n) is 5.20. The molecular formula is C11H15FN2O. The second kappa shape index (κ2) is 4.68. The number of pyridine rings is 1. The third-order valence-corrected chi connectivity index (χ3v) is 2.64. The molecule has 4 heteroatoms. The van der Waals surface area contributed by atoms with Crippen molar-refractivity contribution < 1.29 is 9.13 Å². The van der Waals surface area contributed by atoms with Gasteiger partial charge in [-0.25, -0.2) is 4.39 Å². The fourth-order valence-electron chi connectivity index (χ4n) is 1.78. The minimum absolute atomic E-state index is 0.111. The third-order valence-electron chi connectivity index (χ3n) is 2.64. The topological polar surface area (TPSA) is 34.1 Å². The normalized spacial score (nSPS) is 22.9. The summed E-state index contributed by atoms with van der Waals surface area (Å²) < 4.78 is 18.2. The van der Waals surface area contributed by atoms with Crippen LogP contribution in [0.3, 0.4) is 0 Å². The van der Waals surface area contributed by atoms with Crippen molar-refractivity contribution in [2.75, 3.05) is 13.2 Å². The van der Waals surface area contributed by atoms with E-state index in [-0.39, 0.29) is 11.9 Å². The van der Waals surface area contributed by atoms with E-state index in [1.165, 1.54) is 12.3 Å². The highest BCUT2D eigenvalue weighted by Crippen LogP contribution is 2.15. The lowest BCUT2D eigenvalue weighted by molar-refractivity contribution is 0.188. The third kappa shape index (κ3) is 2.73. The molecule has 1 saturated heterocycles. The molecule has 2 rings (SSSR count). The van der Waals surface area contributed by atoms with E-state index in [1.54, 1.807) is 6.20 Å². The SMILES string of the molecule is CC(NC1CCOC1)c1cncc(F)c1. The van der Waals surface area contributed by atoms with E-state index in [0.717, 1.165) is 25.2 Å². The van der Waals surface area contributed by atoms with Crippen molar-refractivity contribution in [1.82, 2.24) is 10.3 Å². The Kier molecular flexibility index (Phi) is 3.28. The summed E-state index contributed by atoms with van der Waals surface area (Å²) in [6, 6.07) is 2.00. The molecule has 2 atom stereocenters. The Labute approximate surface area is 88.7 Å². The van der Waals surface area contributed by atoms with Crippen molar-refractivity contribution >= 4 is 0 Å². The monoisotopic (exact) mass is 210 g/mol. The lowest BCUT2D eigenvalue weighted by Crippen LogP contribution is -2.31. The number of rotatable bonds is 3. The highest BCUT2D eigenvalue weighted by molar-refractivity contribution is 5.14. The molecule has 0 radical (unpaired) electrons. The van der Waals surface area contributed by atoms with Crippen LogP contribution in [-0.2, 0) is 4.74 Å². The maximum Gasteiger partial charge on any atom is 0.141 e. The molecule has 1 N–H and O–H groups in total. The molecule has 0 amide bonds. The predicted octanol–water partition coefficient (Wildman–Crippen LogP) is 1.66. The summed E-state index contributed by atoms with van der Waals surface area (Å²) in [5, 5.41) is 3.39. The number of nitrogens with zero attached hydrogens (tertiary/aromatic N) is 1. The summed E-state index contributed by atoms with van der Waals surface area (Å²) in [5.74, 6) is -0.288. The van der Waals surface area contributed by atoms with E-state index in [2.05, 4.69) is 10.3 Å². The van der Waals surface area contributed by atoms with Crippen LogP contribution in [0.2, 0.25) is 0 Å². The van der Waals surface area contributed by atoms with E-state index >= 15 is 0 Å². The highest BCUT2D eigenvalue weighted by Gasteiger charge is 2.18. The van der Waals surface area contributed by atoms with Gasteiger partial charge < -0.3 is 10.1 Å². The molecule has 1 aromatic heterocycles. The standard InChI is InChI=1S/C11H15FN2O/c1-8(14-11-2-3-15-7-11)9-4-10(12)6-13-5-9/h4-6,8,11,14H,2-3,7H2,1H3. The number of hydrogen-bond acceptors (Lipinski definition) is 3. The molecule has 1 aromatic rings. The average molecular weight is 210 g/mol. The maximum absolute atomic E-state index is 12.9. The van der Waals surface area contributed by atoms with Crippen LogP contribution in [-0.4, -0.2) is 24.2 Å².